The van der Waals surface area contributed by atoms with Crippen LogP contribution in [0.25, 0.3) is 0 Å². The molecule has 2 rings (SSSR count). The van der Waals surface area contributed by atoms with Gasteiger partial charge < -0.3 is 0 Å². The predicted octanol–water partition coefficient (Wildman–Crippen LogP) is 1.52. The molecule has 2 heterocycles. The maximum Gasteiger partial charge on any atom is 0.261 e. The molecule has 0 radical (unpaired) electrons. The molecule has 2 N–H and O–H groups in total. The Morgan fingerprint density at radius 1 is 1.42 bits per heavy atom. The lowest BCUT2D eigenvalue weighted by atomic mass is 10.3. The number of amides is 1. The third-order valence-electron chi connectivity index (χ3n) is 2.32. The summed E-state index contributed by atoms with van der Waals surface area (Å²) in [5, 5.41) is 9.91. The molecule has 8 heteroatoms. The van der Waals surface area contributed by atoms with Gasteiger partial charge in [-0.3, -0.25) is 15.2 Å². The number of rotatable bonds is 5. The molecular weight excluding hydrogens is 264 g/mol. The maximum atomic E-state index is 11.9. The topological polar surface area (TPSA) is 96.5 Å². The fourth-order valence-electron chi connectivity index (χ4n) is 1.41. The van der Waals surface area contributed by atoms with Gasteiger partial charge in [-0.2, -0.15) is 4.98 Å². The zero-order valence-corrected chi connectivity index (χ0v) is 11.5. The summed E-state index contributed by atoms with van der Waals surface area (Å²) in [7, 11) is 0. The van der Waals surface area contributed by atoms with Gasteiger partial charge in [-0.25, -0.2) is 9.97 Å². The summed E-state index contributed by atoms with van der Waals surface area (Å²) < 4.78 is 0. The standard InChI is InChI=1S/C11H14N6OS/c1-3-4-8-14-10(17-16-8)15-9(18)7-5-12-11(19-2)13-6-7/h5-6H,3-4H2,1-2H3,(H2,14,15,16,17,18). The number of hydrogen-bond donors (Lipinski definition) is 2. The van der Waals surface area contributed by atoms with E-state index in [1.807, 2.05) is 13.2 Å². The van der Waals surface area contributed by atoms with Crippen LogP contribution in [0.15, 0.2) is 17.6 Å². The van der Waals surface area contributed by atoms with Crippen LogP contribution in [0.4, 0.5) is 5.95 Å². The summed E-state index contributed by atoms with van der Waals surface area (Å²) in [4.78, 5) is 24.1. The largest absolute Gasteiger partial charge is 0.289 e. The highest BCUT2D eigenvalue weighted by Crippen LogP contribution is 2.08. The number of carbonyl (C=O) groups excluding carboxylic acids is 1. The average Bonchev–Trinajstić information content (AvgIpc) is 2.86. The van der Waals surface area contributed by atoms with E-state index in [9.17, 15) is 4.79 Å². The van der Waals surface area contributed by atoms with Crippen molar-refractivity contribution in [1.29, 1.82) is 0 Å². The van der Waals surface area contributed by atoms with Crippen molar-refractivity contribution < 1.29 is 4.79 Å². The molecule has 0 aromatic carbocycles. The highest BCUT2D eigenvalue weighted by molar-refractivity contribution is 7.98. The van der Waals surface area contributed by atoms with Crippen LogP contribution in [0, 0.1) is 0 Å². The van der Waals surface area contributed by atoms with Gasteiger partial charge in [0.1, 0.15) is 5.82 Å². The molecule has 0 spiro atoms. The van der Waals surface area contributed by atoms with Crippen LogP contribution in [-0.2, 0) is 6.42 Å². The predicted molar refractivity (Wildman–Crippen MR) is 72.1 cm³/mol. The first-order chi connectivity index (χ1) is 9.22. The number of anilines is 1. The molecule has 100 valence electrons. The van der Waals surface area contributed by atoms with Gasteiger partial charge in [-0.1, -0.05) is 18.7 Å². The number of carbonyl (C=O) groups is 1. The van der Waals surface area contributed by atoms with Gasteiger partial charge in [0.2, 0.25) is 5.95 Å². The van der Waals surface area contributed by atoms with Crippen LogP contribution in [-0.4, -0.2) is 37.3 Å². The van der Waals surface area contributed by atoms with Gasteiger partial charge in [-0.15, -0.1) is 5.10 Å². The van der Waals surface area contributed by atoms with E-state index in [1.165, 1.54) is 24.2 Å². The smallest absolute Gasteiger partial charge is 0.261 e. The van der Waals surface area contributed by atoms with E-state index in [0.717, 1.165) is 18.7 Å². The molecule has 0 aliphatic rings. The molecular formula is C11H14N6OS. The minimum Gasteiger partial charge on any atom is -0.289 e. The lowest BCUT2D eigenvalue weighted by Crippen LogP contribution is -2.13. The molecule has 0 saturated heterocycles. The van der Waals surface area contributed by atoms with Gasteiger partial charge in [0.15, 0.2) is 5.16 Å². The third-order valence-corrected chi connectivity index (χ3v) is 2.89. The van der Waals surface area contributed by atoms with Crippen molar-refractivity contribution >= 4 is 23.6 Å². The Labute approximate surface area is 114 Å². The van der Waals surface area contributed by atoms with Crippen molar-refractivity contribution in [3.8, 4) is 0 Å². The van der Waals surface area contributed by atoms with E-state index < -0.39 is 0 Å². The molecule has 2 aromatic rings. The minimum atomic E-state index is -0.324. The Morgan fingerprint density at radius 3 is 2.79 bits per heavy atom. The Kier molecular flexibility index (Phi) is 4.45. The number of nitrogens with one attached hydrogen (secondary N) is 2. The summed E-state index contributed by atoms with van der Waals surface area (Å²) >= 11 is 1.42. The van der Waals surface area contributed by atoms with Crippen LogP contribution in [0.3, 0.4) is 0 Å². The number of aromatic nitrogens is 5. The lowest BCUT2D eigenvalue weighted by Gasteiger charge is -2.00. The number of thioether (sulfide) groups is 1. The number of aryl methyl sites for hydroxylation is 1. The summed E-state index contributed by atoms with van der Waals surface area (Å²) in [6, 6.07) is 0. The highest BCUT2D eigenvalue weighted by atomic mass is 32.2. The van der Waals surface area contributed by atoms with Crippen LogP contribution in [0.5, 0.6) is 0 Å². The molecule has 0 atom stereocenters. The van der Waals surface area contributed by atoms with E-state index in [-0.39, 0.29) is 11.9 Å². The highest BCUT2D eigenvalue weighted by Gasteiger charge is 2.10. The molecule has 0 bridgehead atoms. The summed E-state index contributed by atoms with van der Waals surface area (Å²) in [5.74, 6) is 0.698. The normalized spacial score (nSPS) is 10.4. The summed E-state index contributed by atoms with van der Waals surface area (Å²) in [6.07, 6.45) is 6.60. The monoisotopic (exact) mass is 278 g/mol. The van der Waals surface area contributed by atoms with E-state index in [4.69, 9.17) is 0 Å². The Balaban J connectivity index is 2.02. The second-order valence-corrected chi connectivity index (χ2v) is 4.54. The molecule has 7 nitrogen and oxygen atoms in total. The van der Waals surface area contributed by atoms with Crippen molar-refractivity contribution in [2.24, 2.45) is 0 Å². The van der Waals surface area contributed by atoms with E-state index in [0.29, 0.717) is 10.7 Å². The number of aromatic amines is 1. The van der Waals surface area contributed by atoms with Gasteiger partial charge in [0.05, 0.1) is 5.56 Å². The second-order valence-electron chi connectivity index (χ2n) is 3.77. The fraction of sp³-hybridized carbons (Fsp3) is 0.364. The van der Waals surface area contributed by atoms with Gasteiger partial charge >= 0.3 is 0 Å². The Bertz CT molecular complexity index is 553. The number of nitrogens with zero attached hydrogens (tertiary/aromatic N) is 4. The lowest BCUT2D eigenvalue weighted by molar-refractivity contribution is 0.102. The Hall–Kier alpha value is -1.96. The molecule has 0 unspecified atom stereocenters. The van der Waals surface area contributed by atoms with E-state index in [2.05, 4.69) is 30.5 Å². The van der Waals surface area contributed by atoms with Crippen LogP contribution >= 0.6 is 11.8 Å². The Morgan fingerprint density at radius 2 is 2.16 bits per heavy atom. The second kappa shape index (κ2) is 6.28. The minimum absolute atomic E-state index is 0.266. The summed E-state index contributed by atoms with van der Waals surface area (Å²) in [5.41, 5.74) is 0.375. The average molecular weight is 278 g/mol. The van der Waals surface area contributed by atoms with Gasteiger partial charge in [-0.05, 0) is 12.7 Å². The SMILES string of the molecule is CCCc1nc(NC(=O)c2cnc(SC)nc2)n[nH]1. The van der Waals surface area contributed by atoms with E-state index in [1.54, 1.807) is 0 Å². The van der Waals surface area contributed by atoms with Crippen molar-refractivity contribution in [1.82, 2.24) is 25.1 Å². The van der Waals surface area contributed by atoms with Crippen molar-refractivity contribution in [3.05, 3.63) is 23.8 Å². The van der Waals surface area contributed by atoms with Gasteiger partial charge in [0, 0.05) is 18.8 Å². The molecule has 0 saturated carbocycles. The molecule has 0 fully saturated rings. The zero-order valence-electron chi connectivity index (χ0n) is 10.7. The van der Waals surface area contributed by atoms with Crippen LogP contribution < -0.4 is 5.32 Å². The van der Waals surface area contributed by atoms with Gasteiger partial charge in [0.25, 0.3) is 5.91 Å². The zero-order chi connectivity index (χ0) is 13.7. The van der Waals surface area contributed by atoms with E-state index >= 15 is 0 Å². The molecule has 1 amide bonds. The molecule has 0 aliphatic heterocycles. The first-order valence-electron chi connectivity index (χ1n) is 5.81. The van der Waals surface area contributed by atoms with Crippen molar-refractivity contribution in [3.63, 3.8) is 0 Å². The quantitative estimate of drug-likeness (QED) is 0.636. The fourth-order valence-corrected chi connectivity index (χ4v) is 1.73. The number of hydrogen-bond acceptors (Lipinski definition) is 6. The first kappa shape index (κ1) is 13.5. The van der Waals surface area contributed by atoms with Crippen molar-refractivity contribution in [2.45, 2.75) is 24.9 Å². The summed E-state index contributed by atoms with van der Waals surface area (Å²) in [6.45, 7) is 2.05. The maximum absolute atomic E-state index is 11.9. The van der Waals surface area contributed by atoms with Crippen LogP contribution in [0.2, 0.25) is 0 Å². The number of H-pyrrole nitrogens is 1. The molecule has 19 heavy (non-hydrogen) atoms. The van der Waals surface area contributed by atoms with Crippen molar-refractivity contribution in [2.75, 3.05) is 11.6 Å². The first-order valence-corrected chi connectivity index (χ1v) is 7.04. The third kappa shape index (κ3) is 3.50. The molecule has 2 aromatic heterocycles. The molecule has 0 aliphatic carbocycles. The van der Waals surface area contributed by atoms with Crippen LogP contribution in [0.1, 0.15) is 29.5 Å².